The molecule has 5 heteroatoms. The highest BCUT2D eigenvalue weighted by Crippen LogP contribution is 2.45. The zero-order valence-electron chi connectivity index (χ0n) is 14.4. The molecule has 0 atom stereocenters. The summed E-state index contributed by atoms with van der Waals surface area (Å²) in [6, 6.07) is 11.6. The summed E-state index contributed by atoms with van der Waals surface area (Å²) >= 11 is 0. The maximum absolute atomic E-state index is 12.6. The van der Waals surface area contributed by atoms with Crippen molar-refractivity contribution in [3.8, 4) is 5.75 Å². The van der Waals surface area contributed by atoms with E-state index in [1.165, 1.54) is 11.1 Å². The topological polar surface area (TPSA) is 51.7 Å². The van der Waals surface area contributed by atoms with E-state index in [0.29, 0.717) is 25.4 Å². The van der Waals surface area contributed by atoms with E-state index in [4.69, 9.17) is 9.47 Å². The molecule has 2 aliphatic heterocycles. The van der Waals surface area contributed by atoms with Gasteiger partial charge in [-0.2, -0.15) is 0 Å². The molecule has 4 rings (SSSR count). The summed E-state index contributed by atoms with van der Waals surface area (Å²) in [5.74, 6) is 0.883. The lowest BCUT2D eigenvalue weighted by Gasteiger charge is -2.45. The second-order valence-electron chi connectivity index (χ2n) is 6.59. The SMILES string of the molecule is COc1cccc2c1C1(CCN(C(=O)c3ccccn3)CC1)OCC2. The first-order valence-electron chi connectivity index (χ1n) is 8.74. The first-order chi connectivity index (χ1) is 12.2. The highest BCUT2D eigenvalue weighted by atomic mass is 16.5. The van der Waals surface area contributed by atoms with Crippen molar-refractivity contribution in [3.63, 3.8) is 0 Å². The lowest BCUT2D eigenvalue weighted by molar-refractivity contribution is -0.0947. The molecule has 1 amide bonds. The molecule has 0 saturated carbocycles. The number of piperidine rings is 1. The van der Waals surface area contributed by atoms with E-state index >= 15 is 0 Å². The van der Waals surface area contributed by atoms with Gasteiger partial charge in [-0.25, -0.2) is 0 Å². The largest absolute Gasteiger partial charge is 0.496 e. The van der Waals surface area contributed by atoms with Crippen LogP contribution in [0.15, 0.2) is 42.6 Å². The van der Waals surface area contributed by atoms with E-state index in [-0.39, 0.29) is 11.5 Å². The molecule has 5 nitrogen and oxygen atoms in total. The van der Waals surface area contributed by atoms with Crippen molar-refractivity contribution >= 4 is 5.91 Å². The third-order valence-corrected chi connectivity index (χ3v) is 5.28. The Hall–Kier alpha value is -2.40. The monoisotopic (exact) mass is 338 g/mol. The second kappa shape index (κ2) is 6.48. The number of amides is 1. The quantitative estimate of drug-likeness (QED) is 0.845. The van der Waals surface area contributed by atoms with Crippen LogP contribution in [0.2, 0.25) is 0 Å². The summed E-state index contributed by atoms with van der Waals surface area (Å²) < 4.78 is 11.9. The molecule has 0 bridgehead atoms. The number of carbonyl (C=O) groups is 1. The van der Waals surface area contributed by atoms with Crippen LogP contribution in [0.3, 0.4) is 0 Å². The summed E-state index contributed by atoms with van der Waals surface area (Å²) in [5, 5.41) is 0. The zero-order chi connectivity index (χ0) is 17.3. The molecule has 0 aliphatic carbocycles. The number of aromatic nitrogens is 1. The minimum atomic E-state index is -0.346. The van der Waals surface area contributed by atoms with E-state index in [1.807, 2.05) is 29.2 Å². The number of methoxy groups -OCH3 is 1. The number of benzene rings is 1. The van der Waals surface area contributed by atoms with Gasteiger partial charge in [0.1, 0.15) is 17.0 Å². The predicted octanol–water partition coefficient (Wildman–Crippen LogP) is 2.79. The van der Waals surface area contributed by atoms with Crippen LogP contribution in [0.25, 0.3) is 0 Å². The number of hydrogen-bond donors (Lipinski definition) is 0. The third kappa shape index (κ3) is 2.78. The fourth-order valence-corrected chi connectivity index (χ4v) is 4.02. The van der Waals surface area contributed by atoms with Crippen molar-refractivity contribution < 1.29 is 14.3 Å². The highest BCUT2D eigenvalue weighted by molar-refractivity contribution is 5.92. The normalized spacial score (nSPS) is 18.7. The molecule has 1 fully saturated rings. The smallest absolute Gasteiger partial charge is 0.272 e. The van der Waals surface area contributed by atoms with E-state index in [1.54, 1.807) is 19.4 Å². The van der Waals surface area contributed by atoms with Gasteiger partial charge in [-0.3, -0.25) is 9.78 Å². The molecule has 130 valence electrons. The van der Waals surface area contributed by atoms with Crippen molar-refractivity contribution in [2.75, 3.05) is 26.8 Å². The Kier molecular flexibility index (Phi) is 4.17. The van der Waals surface area contributed by atoms with Gasteiger partial charge in [0.05, 0.1) is 13.7 Å². The van der Waals surface area contributed by atoms with Crippen molar-refractivity contribution in [3.05, 3.63) is 59.4 Å². The molecule has 2 aliphatic rings. The molecule has 1 spiro atoms. The summed E-state index contributed by atoms with van der Waals surface area (Å²) in [7, 11) is 1.71. The van der Waals surface area contributed by atoms with Crippen LogP contribution < -0.4 is 4.74 Å². The van der Waals surface area contributed by atoms with Crippen LogP contribution in [-0.2, 0) is 16.8 Å². The lowest BCUT2D eigenvalue weighted by atomic mass is 9.78. The van der Waals surface area contributed by atoms with Crippen LogP contribution in [0.4, 0.5) is 0 Å². The molecule has 25 heavy (non-hydrogen) atoms. The van der Waals surface area contributed by atoms with Crippen molar-refractivity contribution in [2.45, 2.75) is 24.9 Å². The molecule has 3 heterocycles. The lowest BCUT2D eigenvalue weighted by Crippen LogP contribution is -2.48. The summed E-state index contributed by atoms with van der Waals surface area (Å²) in [6.45, 7) is 2.04. The predicted molar refractivity (Wildman–Crippen MR) is 93.7 cm³/mol. The van der Waals surface area contributed by atoms with Gasteiger partial charge < -0.3 is 14.4 Å². The maximum atomic E-state index is 12.6. The maximum Gasteiger partial charge on any atom is 0.272 e. The third-order valence-electron chi connectivity index (χ3n) is 5.28. The van der Waals surface area contributed by atoms with Crippen molar-refractivity contribution in [2.24, 2.45) is 0 Å². The molecule has 2 aromatic rings. The van der Waals surface area contributed by atoms with Gasteiger partial charge in [-0.15, -0.1) is 0 Å². The summed E-state index contributed by atoms with van der Waals surface area (Å²) in [4.78, 5) is 18.7. The van der Waals surface area contributed by atoms with Crippen LogP contribution in [-0.4, -0.2) is 42.6 Å². The fraction of sp³-hybridized carbons (Fsp3) is 0.400. The fourth-order valence-electron chi connectivity index (χ4n) is 4.02. The molecular weight excluding hydrogens is 316 g/mol. The van der Waals surface area contributed by atoms with Gasteiger partial charge in [-0.05, 0) is 43.0 Å². The van der Waals surface area contributed by atoms with Crippen molar-refractivity contribution in [1.29, 1.82) is 0 Å². The Labute approximate surface area is 147 Å². The van der Waals surface area contributed by atoms with Gasteiger partial charge in [0, 0.05) is 24.8 Å². The summed E-state index contributed by atoms with van der Waals surface area (Å²) in [5.41, 5.74) is 2.63. The Morgan fingerprint density at radius 2 is 2.04 bits per heavy atom. The highest BCUT2D eigenvalue weighted by Gasteiger charge is 2.43. The Morgan fingerprint density at radius 1 is 1.20 bits per heavy atom. The average Bonchev–Trinajstić information content (AvgIpc) is 2.68. The Balaban J connectivity index is 1.58. The van der Waals surface area contributed by atoms with E-state index in [9.17, 15) is 4.79 Å². The Bertz CT molecular complexity index is 754. The van der Waals surface area contributed by atoms with E-state index in [0.717, 1.165) is 25.0 Å². The Morgan fingerprint density at radius 3 is 2.76 bits per heavy atom. The molecule has 0 radical (unpaired) electrons. The number of carbonyl (C=O) groups excluding carboxylic acids is 1. The molecule has 1 saturated heterocycles. The molecule has 1 aromatic heterocycles. The molecule has 0 N–H and O–H groups in total. The van der Waals surface area contributed by atoms with Crippen LogP contribution in [0, 0.1) is 0 Å². The number of nitrogens with zero attached hydrogens (tertiary/aromatic N) is 2. The minimum Gasteiger partial charge on any atom is -0.496 e. The number of hydrogen-bond acceptors (Lipinski definition) is 4. The number of likely N-dealkylation sites (tertiary alicyclic amines) is 1. The first-order valence-corrected chi connectivity index (χ1v) is 8.74. The molecule has 0 unspecified atom stereocenters. The number of rotatable bonds is 2. The number of fused-ring (bicyclic) bond motifs is 2. The molecule has 1 aromatic carbocycles. The molecular formula is C20H22N2O3. The zero-order valence-corrected chi connectivity index (χ0v) is 14.4. The standard InChI is InChI=1S/C20H22N2O3/c1-24-17-7-4-5-15-8-14-25-20(18(15)17)9-12-22(13-10-20)19(23)16-6-2-3-11-21-16/h2-7,11H,8-10,12-14H2,1H3. The van der Waals surface area contributed by atoms with Gasteiger partial charge in [0.15, 0.2) is 0 Å². The van der Waals surface area contributed by atoms with Crippen LogP contribution >= 0.6 is 0 Å². The minimum absolute atomic E-state index is 0.00786. The average molecular weight is 338 g/mol. The number of ether oxygens (including phenoxy) is 2. The van der Waals surface area contributed by atoms with Gasteiger partial charge in [-0.1, -0.05) is 18.2 Å². The number of pyridine rings is 1. The summed E-state index contributed by atoms with van der Waals surface area (Å²) in [6.07, 6.45) is 4.12. The first kappa shape index (κ1) is 16.1. The van der Waals surface area contributed by atoms with Crippen LogP contribution in [0.5, 0.6) is 5.75 Å². The van der Waals surface area contributed by atoms with E-state index in [2.05, 4.69) is 11.1 Å². The van der Waals surface area contributed by atoms with Gasteiger partial charge in [0.25, 0.3) is 5.91 Å². The van der Waals surface area contributed by atoms with Gasteiger partial charge in [0.2, 0.25) is 0 Å². The van der Waals surface area contributed by atoms with Gasteiger partial charge >= 0.3 is 0 Å². The second-order valence-corrected chi connectivity index (χ2v) is 6.59. The van der Waals surface area contributed by atoms with Crippen molar-refractivity contribution in [1.82, 2.24) is 9.88 Å². The van der Waals surface area contributed by atoms with E-state index < -0.39 is 0 Å². The van der Waals surface area contributed by atoms with Crippen LogP contribution in [0.1, 0.15) is 34.5 Å².